The molecule has 1 aliphatic carbocycles. The van der Waals surface area contributed by atoms with Crippen molar-refractivity contribution in [3.8, 4) is 0 Å². The van der Waals surface area contributed by atoms with Crippen molar-refractivity contribution >= 4 is 0 Å². The molecule has 0 aliphatic heterocycles. The first kappa shape index (κ1) is 9.63. The van der Waals surface area contributed by atoms with Crippen LogP contribution in [0.25, 0.3) is 0 Å². The van der Waals surface area contributed by atoms with Gasteiger partial charge >= 0.3 is 0 Å². The van der Waals surface area contributed by atoms with Crippen molar-refractivity contribution in [2.24, 2.45) is 5.92 Å². The summed E-state index contributed by atoms with van der Waals surface area (Å²) in [5, 5.41) is 0. The summed E-state index contributed by atoms with van der Waals surface area (Å²) < 4.78 is 0. The van der Waals surface area contributed by atoms with Gasteiger partial charge in [0.15, 0.2) is 0 Å². The van der Waals surface area contributed by atoms with Crippen LogP contribution in [0.4, 0.5) is 0 Å². The van der Waals surface area contributed by atoms with Crippen molar-refractivity contribution in [1.29, 1.82) is 0 Å². The van der Waals surface area contributed by atoms with Crippen LogP contribution in [0.3, 0.4) is 0 Å². The van der Waals surface area contributed by atoms with Crippen molar-refractivity contribution in [1.82, 2.24) is 4.90 Å². The van der Waals surface area contributed by atoms with Gasteiger partial charge in [-0.1, -0.05) is 25.8 Å². The van der Waals surface area contributed by atoms with E-state index in [2.05, 4.69) is 32.0 Å². The minimum absolute atomic E-state index is 0.764. The highest BCUT2D eigenvalue weighted by Gasteiger charge is 2.11. The van der Waals surface area contributed by atoms with Crippen LogP contribution in [0.2, 0.25) is 0 Å². The van der Waals surface area contributed by atoms with Gasteiger partial charge in [0.25, 0.3) is 0 Å². The summed E-state index contributed by atoms with van der Waals surface area (Å²) in [5.41, 5.74) is 1.54. The topological polar surface area (TPSA) is 3.24 Å². The van der Waals surface area contributed by atoms with Crippen molar-refractivity contribution in [2.75, 3.05) is 14.1 Å². The number of allylic oxidation sites excluding steroid dienone is 2. The number of hydrogen-bond acceptors (Lipinski definition) is 1. The lowest BCUT2D eigenvalue weighted by Crippen LogP contribution is -2.18. The van der Waals surface area contributed by atoms with Gasteiger partial charge in [0.05, 0.1) is 0 Å². The van der Waals surface area contributed by atoms with Crippen LogP contribution in [-0.2, 0) is 0 Å². The molecular formula is C11H21N. The van der Waals surface area contributed by atoms with E-state index in [1.165, 1.54) is 37.8 Å². The maximum atomic E-state index is 2.42. The van der Waals surface area contributed by atoms with Crippen molar-refractivity contribution < 1.29 is 0 Å². The fourth-order valence-electron chi connectivity index (χ4n) is 1.99. The summed E-state index contributed by atoms with van der Waals surface area (Å²) in [6.07, 6.45) is 9.27. The average Bonchev–Trinajstić information content (AvgIpc) is 1.96. The molecule has 1 atom stereocenters. The Labute approximate surface area is 76.5 Å². The molecule has 1 heteroatoms. The van der Waals surface area contributed by atoms with Gasteiger partial charge in [-0.25, -0.2) is 0 Å². The van der Waals surface area contributed by atoms with Crippen molar-refractivity contribution in [3.05, 3.63) is 11.8 Å². The molecule has 0 aromatic heterocycles. The predicted molar refractivity (Wildman–Crippen MR) is 54.0 cm³/mol. The predicted octanol–water partition coefficient (Wildman–Crippen LogP) is 3.03. The van der Waals surface area contributed by atoms with E-state index in [1.807, 2.05) is 0 Å². The van der Waals surface area contributed by atoms with Crippen LogP contribution in [-0.4, -0.2) is 19.0 Å². The quantitative estimate of drug-likeness (QED) is 0.580. The molecule has 1 unspecified atom stereocenters. The summed E-state index contributed by atoms with van der Waals surface area (Å²) in [6, 6.07) is 0. The normalized spacial score (nSPS) is 25.6. The van der Waals surface area contributed by atoms with Gasteiger partial charge in [-0.05, 0) is 25.2 Å². The highest BCUT2D eigenvalue weighted by atomic mass is 15.1. The minimum atomic E-state index is 0.764. The molecule has 0 N–H and O–H groups in total. The number of rotatable bonds is 1. The standard InChI is InChI=1S/C11H21N/c1-10-8-6-4-5-7-9-11(10)12(2)3/h9-10H,4-8H2,1-3H3. The second kappa shape index (κ2) is 4.54. The average molecular weight is 167 g/mol. The first-order chi connectivity index (χ1) is 5.72. The lowest BCUT2D eigenvalue weighted by Gasteiger charge is -2.25. The molecule has 1 rings (SSSR count). The van der Waals surface area contributed by atoms with Crippen LogP contribution in [0.1, 0.15) is 39.0 Å². The molecule has 0 bridgehead atoms. The fourth-order valence-corrected chi connectivity index (χ4v) is 1.99. The first-order valence-corrected chi connectivity index (χ1v) is 5.09. The third-order valence-corrected chi connectivity index (χ3v) is 2.72. The lowest BCUT2D eigenvalue weighted by molar-refractivity contribution is 0.395. The molecule has 0 radical (unpaired) electrons. The Bertz CT molecular complexity index is 158. The molecular weight excluding hydrogens is 146 g/mol. The van der Waals surface area contributed by atoms with E-state index >= 15 is 0 Å². The third kappa shape index (κ3) is 2.54. The zero-order valence-corrected chi connectivity index (χ0v) is 8.64. The molecule has 0 saturated carbocycles. The van der Waals surface area contributed by atoms with Crippen LogP contribution >= 0.6 is 0 Å². The van der Waals surface area contributed by atoms with Crippen LogP contribution in [0.15, 0.2) is 11.8 Å². The van der Waals surface area contributed by atoms with Gasteiger partial charge in [-0.2, -0.15) is 0 Å². The molecule has 0 aromatic rings. The Morgan fingerprint density at radius 2 is 2.00 bits per heavy atom. The zero-order chi connectivity index (χ0) is 8.97. The maximum absolute atomic E-state index is 2.42. The van der Waals surface area contributed by atoms with Gasteiger partial charge < -0.3 is 4.90 Å². The highest BCUT2D eigenvalue weighted by molar-refractivity contribution is 5.04. The highest BCUT2D eigenvalue weighted by Crippen LogP contribution is 2.23. The summed E-state index contributed by atoms with van der Waals surface area (Å²) >= 11 is 0. The lowest BCUT2D eigenvalue weighted by atomic mass is 9.94. The molecule has 1 aliphatic rings. The first-order valence-electron chi connectivity index (χ1n) is 5.09. The molecule has 1 nitrogen and oxygen atoms in total. The monoisotopic (exact) mass is 167 g/mol. The smallest absolute Gasteiger partial charge is 0.0116 e. The fraction of sp³-hybridized carbons (Fsp3) is 0.818. The van der Waals surface area contributed by atoms with E-state index in [-0.39, 0.29) is 0 Å². The van der Waals surface area contributed by atoms with E-state index in [9.17, 15) is 0 Å². The SMILES string of the molecule is CC1CCCCCC=C1N(C)C. The van der Waals surface area contributed by atoms with Gasteiger partial charge in [-0.15, -0.1) is 0 Å². The Hall–Kier alpha value is -0.460. The number of nitrogens with zero attached hydrogens (tertiary/aromatic N) is 1. The minimum Gasteiger partial charge on any atom is -0.381 e. The second-order valence-corrected chi connectivity index (χ2v) is 4.06. The van der Waals surface area contributed by atoms with Crippen molar-refractivity contribution in [3.63, 3.8) is 0 Å². The molecule has 70 valence electrons. The van der Waals surface area contributed by atoms with Gasteiger partial charge in [0.1, 0.15) is 0 Å². The molecule has 0 heterocycles. The largest absolute Gasteiger partial charge is 0.381 e. The van der Waals surface area contributed by atoms with E-state index in [4.69, 9.17) is 0 Å². The van der Waals surface area contributed by atoms with Gasteiger partial charge in [0.2, 0.25) is 0 Å². The maximum Gasteiger partial charge on any atom is 0.0116 e. The Balaban J connectivity index is 2.62. The Morgan fingerprint density at radius 3 is 2.67 bits per heavy atom. The van der Waals surface area contributed by atoms with Gasteiger partial charge in [0, 0.05) is 19.8 Å². The molecule has 0 saturated heterocycles. The van der Waals surface area contributed by atoms with Gasteiger partial charge in [-0.3, -0.25) is 0 Å². The summed E-state index contributed by atoms with van der Waals surface area (Å²) in [6.45, 7) is 2.34. The molecule has 0 aromatic carbocycles. The molecule has 0 spiro atoms. The zero-order valence-electron chi connectivity index (χ0n) is 8.64. The van der Waals surface area contributed by atoms with E-state index in [1.54, 1.807) is 0 Å². The summed E-state index contributed by atoms with van der Waals surface area (Å²) in [4.78, 5) is 2.27. The Morgan fingerprint density at radius 1 is 1.25 bits per heavy atom. The third-order valence-electron chi connectivity index (χ3n) is 2.72. The molecule has 12 heavy (non-hydrogen) atoms. The van der Waals surface area contributed by atoms with E-state index in [0.29, 0.717) is 0 Å². The molecule has 0 amide bonds. The number of hydrogen-bond donors (Lipinski definition) is 0. The van der Waals surface area contributed by atoms with Crippen LogP contribution in [0, 0.1) is 5.92 Å². The molecule has 0 fully saturated rings. The summed E-state index contributed by atoms with van der Waals surface area (Å²) in [7, 11) is 4.31. The second-order valence-electron chi connectivity index (χ2n) is 4.06. The summed E-state index contributed by atoms with van der Waals surface area (Å²) in [5.74, 6) is 0.764. The Kier molecular flexibility index (Phi) is 3.64. The van der Waals surface area contributed by atoms with E-state index in [0.717, 1.165) is 5.92 Å². The van der Waals surface area contributed by atoms with Crippen LogP contribution in [0.5, 0.6) is 0 Å². The van der Waals surface area contributed by atoms with E-state index < -0.39 is 0 Å². The van der Waals surface area contributed by atoms with Crippen molar-refractivity contribution in [2.45, 2.75) is 39.0 Å². The van der Waals surface area contributed by atoms with Crippen LogP contribution < -0.4 is 0 Å².